The number of carbonyl (C=O) groups is 1. The molecule has 1 saturated carbocycles. The van der Waals surface area contributed by atoms with Gasteiger partial charge >= 0.3 is 5.97 Å². The quantitative estimate of drug-likeness (QED) is 0.484. The van der Waals surface area contributed by atoms with Crippen molar-refractivity contribution in [2.75, 3.05) is 0 Å². The van der Waals surface area contributed by atoms with Gasteiger partial charge in [-0.3, -0.25) is 4.79 Å². The summed E-state index contributed by atoms with van der Waals surface area (Å²) in [6, 6.07) is 0. The van der Waals surface area contributed by atoms with Crippen molar-refractivity contribution in [2.24, 2.45) is 17.3 Å². The summed E-state index contributed by atoms with van der Waals surface area (Å²) in [5.74, 6) is -0.347. The van der Waals surface area contributed by atoms with Crippen LogP contribution in [0.3, 0.4) is 0 Å². The third-order valence-electron chi connectivity index (χ3n) is 5.61. The van der Waals surface area contributed by atoms with E-state index in [1.165, 1.54) is 12.8 Å². The number of hydrogen-bond acceptors (Lipinski definition) is 3. The van der Waals surface area contributed by atoms with Crippen molar-refractivity contribution in [2.45, 2.75) is 84.3 Å². The Hall–Kier alpha value is -1.13. The Morgan fingerprint density at radius 2 is 1.88 bits per heavy atom. The largest absolute Gasteiger partial charge is 0.481 e. The molecule has 0 amide bonds. The van der Waals surface area contributed by atoms with E-state index in [9.17, 15) is 20.1 Å². The topological polar surface area (TPSA) is 77.8 Å². The molecule has 0 aromatic rings. The maximum atomic E-state index is 12.1. The van der Waals surface area contributed by atoms with E-state index >= 15 is 0 Å². The molecule has 0 spiro atoms. The van der Waals surface area contributed by atoms with Crippen molar-refractivity contribution in [3.8, 4) is 0 Å². The second-order valence-corrected chi connectivity index (χ2v) is 7.75. The van der Waals surface area contributed by atoms with Crippen LogP contribution in [-0.4, -0.2) is 33.5 Å². The van der Waals surface area contributed by atoms with Gasteiger partial charge in [-0.05, 0) is 58.3 Å². The van der Waals surface area contributed by atoms with Crippen LogP contribution >= 0.6 is 0 Å². The number of hydrogen-bond donors (Lipinski definition) is 3. The fraction of sp³-hybridized carbons (Fsp3) is 0.762. The van der Waals surface area contributed by atoms with E-state index < -0.39 is 17.5 Å². The van der Waals surface area contributed by atoms with E-state index in [4.69, 9.17) is 0 Å². The Morgan fingerprint density at radius 1 is 1.24 bits per heavy atom. The minimum atomic E-state index is -0.972. The third kappa shape index (κ3) is 6.95. The summed E-state index contributed by atoms with van der Waals surface area (Å²) >= 11 is 0. The third-order valence-corrected chi connectivity index (χ3v) is 5.61. The van der Waals surface area contributed by atoms with Crippen molar-refractivity contribution < 1.29 is 20.1 Å². The molecule has 0 aromatic heterocycles. The van der Waals surface area contributed by atoms with Crippen LogP contribution in [0.2, 0.25) is 0 Å². The van der Waals surface area contributed by atoms with E-state index in [1.54, 1.807) is 26.0 Å². The predicted octanol–water partition coefficient (Wildman–Crippen LogP) is 4.32. The minimum absolute atomic E-state index is 0.0459. The number of aliphatic hydroxyl groups excluding tert-OH is 2. The SMILES string of the molecule is C/C=C/C[C@@H](C1CCCC1)[C@](C)(/C=C\C(O)CCCC(C)O)C(=O)O. The van der Waals surface area contributed by atoms with Gasteiger partial charge < -0.3 is 15.3 Å². The Bertz CT molecular complexity index is 449. The molecule has 0 saturated heterocycles. The van der Waals surface area contributed by atoms with Gasteiger partial charge in [0.15, 0.2) is 0 Å². The van der Waals surface area contributed by atoms with Gasteiger partial charge in [0.1, 0.15) is 0 Å². The first-order valence-electron chi connectivity index (χ1n) is 9.71. The molecule has 0 aromatic carbocycles. The van der Waals surface area contributed by atoms with Gasteiger partial charge in [0.2, 0.25) is 0 Å². The van der Waals surface area contributed by atoms with Crippen LogP contribution in [0.5, 0.6) is 0 Å². The normalized spacial score (nSPS) is 22.3. The molecule has 3 N–H and O–H groups in total. The summed E-state index contributed by atoms with van der Waals surface area (Å²) in [5.41, 5.74) is -0.972. The highest BCUT2D eigenvalue weighted by Gasteiger charge is 2.43. The molecule has 0 aliphatic heterocycles. The summed E-state index contributed by atoms with van der Waals surface area (Å²) < 4.78 is 0. The molecule has 2 unspecified atom stereocenters. The van der Waals surface area contributed by atoms with Gasteiger partial charge in [0.05, 0.1) is 17.6 Å². The molecule has 4 nitrogen and oxygen atoms in total. The molecule has 25 heavy (non-hydrogen) atoms. The molecule has 0 radical (unpaired) electrons. The monoisotopic (exact) mass is 352 g/mol. The maximum Gasteiger partial charge on any atom is 0.313 e. The van der Waals surface area contributed by atoms with Crippen molar-refractivity contribution in [1.29, 1.82) is 0 Å². The Kier molecular flexibility index (Phi) is 9.44. The highest BCUT2D eigenvalue weighted by Crippen LogP contribution is 2.44. The Balaban J connectivity index is 2.86. The van der Waals surface area contributed by atoms with Crippen LogP contribution in [0.15, 0.2) is 24.3 Å². The van der Waals surface area contributed by atoms with Crippen molar-refractivity contribution in [3.05, 3.63) is 24.3 Å². The van der Waals surface area contributed by atoms with Crippen LogP contribution in [0.25, 0.3) is 0 Å². The summed E-state index contributed by atoms with van der Waals surface area (Å²) in [7, 11) is 0. The highest BCUT2D eigenvalue weighted by atomic mass is 16.4. The lowest BCUT2D eigenvalue weighted by molar-refractivity contribution is -0.149. The average Bonchev–Trinajstić information content (AvgIpc) is 3.06. The van der Waals surface area contributed by atoms with Crippen LogP contribution in [0.1, 0.15) is 72.1 Å². The van der Waals surface area contributed by atoms with Gasteiger partial charge in [-0.25, -0.2) is 0 Å². The minimum Gasteiger partial charge on any atom is -0.481 e. The number of carboxylic acid groups (broad SMARTS) is 1. The molecular formula is C21H36O4. The fourth-order valence-electron chi connectivity index (χ4n) is 3.95. The lowest BCUT2D eigenvalue weighted by atomic mass is 9.68. The second-order valence-electron chi connectivity index (χ2n) is 7.75. The van der Waals surface area contributed by atoms with Crippen LogP contribution in [-0.2, 0) is 4.79 Å². The summed E-state index contributed by atoms with van der Waals surface area (Å²) in [4.78, 5) is 12.1. The lowest BCUT2D eigenvalue weighted by Crippen LogP contribution is -2.38. The summed E-state index contributed by atoms with van der Waals surface area (Å²) in [6.45, 7) is 5.49. The van der Waals surface area contributed by atoms with Gasteiger partial charge in [0, 0.05) is 0 Å². The van der Waals surface area contributed by atoms with Gasteiger partial charge in [-0.2, -0.15) is 0 Å². The van der Waals surface area contributed by atoms with Gasteiger partial charge in [-0.1, -0.05) is 50.0 Å². The standard InChI is InChI=1S/C21H36O4/c1-4-5-13-19(17-10-6-7-11-17)21(3,20(24)25)15-14-18(23)12-8-9-16(2)22/h4-5,14-19,22-23H,6-13H2,1-3H3,(H,24,25)/b5-4+,15-14-/t16?,18?,19-,21-/m0/s1. The van der Waals surface area contributed by atoms with Crippen molar-refractivity contribution in [1.82, 2.24) is 0 Å². The number of aliphatic carboxylic acids is 1. The molecule has 4 heteroatoms. The molecule has 0 bridgehead atoms. The molecule has 0 heterocycles. The van der Waals surface area contributed by atoms with Crippen molar-refractivity contribution >= 4 is 5.97 Å². The summed E-state index contributed by atoms with van der Waals surface area (Å²) in [6.07, 6.45) is 13.6. The molecule has 144 valence electrons. The highest BCUT2D eigenvalue weighted by molar-refractivity contribution is 5.77. The first-order valence-corrected chi connectivity index (χ1v) is 9.71. The average molecular weight is 353 g/mol. The Labute approximate surface area is 152 Å². The zero-order valence-corrected chi connectivity index (χ0v) is 16.0. The van der Waals surface area contributed by atoms with Crippen LogP contribution in [0, 0.1) is 17.3 Å². The maximum absolute atomic E-state index is 12.1. The first kappa shape index (κ1) is 21.9. The molecule has 4 atom stereocenters. The van der Waals surface area contributed by atoms with Crippen molar-refractivity contribution in [3.63, 3.8) is 0 Å². The second kappa shape index (κ2) is 10.8. The number of rotatable bonds is 11. The van der Waals surface area contributed by atoms with E-state index in [0.29, 0.717) is 18.8 Å². The molecule has 1 rings (SSSR count). The number of aliphatic hydroxyl groups is 2. The summed E-state index contributed by atoms with van der Waals surface area (Å²) in [5, 5.41) is 29.4. The molecular weight excluding hydrogens is 316 g/mol. The van der Waals surface area contributed by atoms with Crippen LogP contribution < -0.4 is 0 Å². The predicted molar refractivity (Wildman–Crippen MR) is 101 cm³/mol. The fourth-order valence-corrected chi connectivity index (χ4v) is 3.95. The van der Waals surface area contributed by atoms with Gasteiger partial charge in [-0.15, -0.1) is 0 Å². The number of carboxylic acids is 1. The molecule has 1 fully saturated rings. The smallest absolute Gasteiger partial charge is 0.313 e. The number of allylic oxidation sites excluding steroid dienone is 2. The van der Waals surface area contributed by atoms with E-state index in [0.717, 1.165) is 25.7 Å². The zero-order chi connectivity index (χ0) is 18.9. The first-order chi connectivity index (χ1) is 11.8. The van der Waals surface area contributed by atoms with Gasteiger partial charge in [0.25, 0.3) is 0 Å². The van der Waals surface area contributed by atoms with E-state index in [2.05, 4.69) is 6.08 Å². The van der Waals surface area contributed by atoms with E-state index in [1.807, 2.05) is 13.0 Å². The molecule has 1 aliphatic carbocycles. The zero-order valence-electron chi connectivity index (χ0n) is 16.0. The lowest BCUT2D eigenvalue weighted by Gasteiger charge is -2.35. The van der Waals surface area contributed by atoms with Crippen LogP contribution in [0.4, 0.5) is 0 Å². The Morgan fingerprint density at radius 3 is 2.40 bits per heavy atom. The van der Waals surface area contributed by atoms with E-state index in [-0.39, 0.29) is 12.0 Å². The molecule has 1 aliphatic rings.